The van der Waals surface area contributed by atoms with Crippen LogP contribution in [0.5, 0.6) is 0 Å². The van der Waals surface area contributed by atoms with Crippen molar-refractivity contribution in [1.29, 1.82) is 0 Å². The lowest BCUT2D eigenvalue weighted by Gasteiger charge is -2.38. The fourth-order valence-electron chi connectivity index (χ4n) is 1.91. The summed E-state index contributed by atoms with van der Waals surface area (Å²) in [5.41, 5.74) is -0.0188. The highest BCUT2D eigenvalue weighted by atomic mass is 19.1. The molecule has 1 aromatic rings. The molecule has 1 aliphatic rings. The van der Waals surface area contributed by atoms with Crippen molar-refractivity contribution in [1.82, 2.24) is 9.88 Å². The van der Waals surface area contributed by atoms with E-state index in [1.165, 1.54) is 12.3 Å². The van der Waals surface area contributed by atoms with Crippen LogP contribution in [0.15, 0.2) is 18.3 Å². The molecule has 1 aliphatic heterocycles. The Morgan fingerprint density at radius 1 is 1.59 bits per heavy atom. The lowest BCUT2D eigenvalue weighted by atomic mass is 10.1. The number of morpholine rings is 1. The first-order valence-corrected chi connectivity index (χ1v) is 5.53. The van der Waals surface area contributed by atoms with E-state index in [2.05, 4.69) is 4.98 Å². The zero-order valence-corrected chi connectivity index (χ0v) is 9.94. The Morgan fingerprint density at radius 3 is 3.00 bits per heavy atom. The molecular formula is C12H15FN2O2. The summed E-state index contributed by atoms with van der Waals surface area (Å²) < 4.78 is 18.5. The van der Waals surface area contributed by atoms with Crippen molar-refractivity contribution in [2.75, 3.05) is 19.7 Å². The molecule has 17 heavy (non-hydrogen) atoms. The fraction of sp³-hybridized carbons (Fsp3) is 0.500. The minimum atomic E-state index is -0.636. The molecule has 2 heterocycles. The van der Waals surface area contributed by atoms with Crippen molar-refractivity contribution < 1.29 is 13.9 Å². The van der Waals surface area contributed by atoms with E-state index in [1.807, 2.05) is 13.8 Å². The topological polar surface area (TPSA) is 42.4 Å². The highest BCUT2D eigenvalue weighted by Gasteiger charge is 2.30. The first-order valence-electron chi connectivity index (χ1n) is 5.53. The number of nitrogens with zero attached hydrogens (tertiary/aromatic N) is 2. The summed E-state index contributed by atoms with van der Waals surface area (Å²) in [5, 5.41) is 0. The van der Waals surface area contributed by atoms with Crippen LogP contribution in [0, 0.1) is 5.95 Å². The summed E-state index contributed by atoms with van der Waals surface area (Å²) in [6.45, 7) is 5.41. The molecule has 0 aromatic carbocycles. The van der Waals surface area contributed by atoms with Gasteiger partial charge in [-0.05, 0) is 19.9 Å². The van der Waals surface area contributed by atoms with Gasteiger partial charge in [0.1, 0.15) is 0 Å². The molecule has 0 atom stereocenters. The Bertz CT molecular complexity index is 434. The first kappa shape index (κ1) is 12.0. The summed E-state index contributed by atoms with van der Waals surface area (Å²) in [7, 11) is 0. The number of halogens is 1. The van der Waals surface area contributed by atoms with Gasteiger partial charge in [-0.2, -0.15) is 4.39 Å². The minimum Gasteiger partial charge on any atom is -0.372 e. The summed E-state index contributed by atoms with van der Waals surface area (Å²) in [6.07, 6.45) is 1.30. The van der Waals surface area contributed by atoms with E-state index in [4.69, 9.17) is 4.74 Å². The smallest absolute Gasteiger partial charge is 0.254 e. The standard InChI is InChI=1S/C12H15FN2O2/c1-12(2)8-15(5-6-17-12)11(16)9-3-4-14-10(13)7-9/h3-4,7H,5-6,8H2,1-2H3. The van der Waals surface area contributed by atoms with Crippen molar-refractivity contribution in [3.8, 4) is 0 Å². The number of ether oxygens (including phenoxy) is 1. The largest absolute Gasteiger partial charge is 0.372 e. The molecule has 2 rings (SSSR count). The monoisotopic (exact) mass is 238 g/mol. The summed E-state index contributed by atoms with van der Waals surface area (Å²) in [5.74, 6) is -0.814. The molecule has 0 saturated carbocycles. The van der Waals surface area contributed by atoms with Gasteiger partial charge in [0.25, 0.3) is 5.91 Å². The second kappa shape index (κ2) is 4.41. The van der Waals surface area contributed by atoms with Gasteiger partial charge in [-0.1, -0.05) is 0 Å². The van der Waals surface area contributed by atoms with Crippen LogP contribution in [0.4, 0.5) is 4.39 Å². The SMILES string of the molecule is CC1(C)CN(C(=O)c2ccnc(F)c2)CCO1. The number of rotatable bonds is 1. The number of pyridine rings is 1. The van der Waals surface area contributed by atoms with E-state index < -0.39 is 5.95 Å². The maximum Gasteiger partial charge on any atom is 0.254 e. The maximum absolute atomic E-state index is 12.9. The van der Waals surface area contributed by atoms with Crippen LogP contribution in [0.25, 0.3) is 0 Å². The summed E-state index contributed by atoms with van der Waals surface area (Å²) in [4.78, 5) is 17.2. The lowest BCUT2D eigenvalue weighted by molar-refractivity contribution is -0.0764. The van der Waals surface area contributed by atoms with Gasteiger partial charge in [-0.15, -0.1) is 0 Å². The van der Waals surface area contributed by atoms with Crippen LogP contribution in [0.2, 0.25) is 0 Å². The Morgan fingerprint density at radius 2 is 2.35 bits per heavy atom. The van der Waals surface area contributed by atoms with E-state index in [-0.39, 0.29) is 11.5 Å². The van der Waals surface area contributed by atoms with Crippen molar-refractivity contribution in [2.24, 2.45) is 0 Å². The molecule has 0 unspecified atom stereocenters. The Kier molecular flexibility index (Phi) is 3.11. The number of aromatic nitrogens is 1. The van der Waals surface area contributed by atoms with Gasteiger partial charge in [-0.25, -0.2) is 4.98 Å². The normalized spacial score (nSPS) is 19.1. The van der Waals surface area contributed by atoms with Crippen LogP contribution in [-0.2, 0) is 4.74 Å². The van der Waals surface area contributed by atoms with Gasteiger partial charge in [0.15, 0.2) is 0 Å². The van der Waals surface area contributed by atoms with Crippen LogP contribution in [0.1, 0.15) is 24.2 Å². The molecule has 1 amide bonds. The first-order chi connectivity index (χ1) is 7.98. The second-order valence-electron chi connectivity index (χ2n) is 4.70. The third-order valence-electron chi connectivity index (χ3n) is 2.69. The predicted octanol–water partition coefficient (Wildman–Crippen LogP) is 1.47. The minimum absolute atomic E-state index is 0.178. The molecule has 0 radical (unpaired) electrons. The van der Waals surface area contributed by atoms with Crippen LogP contribution < -0.4 is 0 Å². The molecule has 0 aliphatic carbocycles. The van der Waals surface area contributed by atoms with Crippen LogP contribution in [0.3, 0.4) is 0 Å². The molecule has 92 valence electrons. The molecular weight excluding hydrogens is 223 g/mol. The zero-order chi connectivity index (χ0) is 12.5. The van der Waals surface area contributed by atoms with Crippen molar-refractivity contribution in [2.45, 2.75) is 19.4 Å². The number of hydrogen-bond donors (Lipinski definition) is 0. The molecule has 0 N–H and O–H groups in total. The van der Waals surface area contributed by atoms with E-state index >= 15 is 0 Å². The number of amides is 1. The number of carbonyl (C=O) groups excluding carboxylic acids is 1. The van der Waals surface area contributed by atoms with Crippen LogP contribution >= 0.6 is 0 Å². The molecule has 0 bridgehead atoms. The van der Waals surface area contributed by atoms with Gasteiger partial charge >= 0.3 is 0 Å². The van der Waals surface area contributed by atoms with Crippen LogP contribution in [-0.4, -0.2) is 41.1 Å². The molecule has 1 fully saturated rings. The Labute approximate surface area is 99.4 Å². The van der Waals surface area contributed by atoms with Gasteiger partial charge in [-0.3, -0.25) is 4.79 Å². The van der Waals surface area contributed by atoms with Gasteiger partial charge in [0.2, 0.25) is 5.95 Å². The van der Waals surface area contributed by atoms with Crippen molar-refractivity contribution >= 4 is 5.91 Å². The second-order valence-corrected chi connectivity index (χ2v) is 4.70. The summed E-state index contributed by atoms with van der Waals surface area (Å²) in [6, 6.07) is 2.68. The maximum atomic E-state index is 12.9. The highest BCUT2D eigenvalue weighted by molar-refractivity contribution is 5.94. The summed E-state index contributed by atoms with van der Waals surface area (Å²) >= 11 is 0. The quantitative estimate of drug-likeness (QED) is 0.696. The molecule has 5 heteroatoms. The molecule has 1 saturated heterocycles. The van der Waals surface area contributed by atoms with Gasteiger partial charge in [0.05, 0.1) is 12.2 Å². The zero-order valence-electron chi connectivity index (χ0n) is 9.94. The highest BCUT2D eigenvalue weighted by Crippen LogP contribution is 2.18. The molecule has 0 spiro atoms. The van der Waals surface area contributed by atoms with E-state index in [0.717, 1.165) is 6.07 Å². The molecule has 1 aromatic heterocycles. The lowest BCUT2D eigenvalue weighted by Crippen LogP contribution is -2.50. The number of carbonyl (C=O) groups is 1. The fourth-order valence-corrected chi connectivity index (χ4v) is 1.91. The van der Waals surface area contributed by atoms with Crippen molar-refractivity contribution in [3.63, 3.8) is 0 Å². The average Bonchev–Trinajstić information content (AvgIpc) is 2.26. The van der Waals surface area contributed by atoms with E-state index in [0.29, 0.717) is 25.3 Å². The molecule has 4 nitrogen and oxygen atoms in total. The third kappa shape index (κ3) is 2.79. The van der Waals surface area contributed by atoms with Gasteiger partial charge in [0, 0.05) is 30.9 Å². The van der Waals surface area contributed by atoms with E-state index in [1.54, 1.807) is 4.90 Å². The van der Waals surface area contributed by atoms with Gasteiger partial charge < -0.3 is 9.64 Å². The Hall–Kier alpha value is -1.49. The number of hydrogen-bond acceptors (Lipinski definition) is 3. The average molecular weight is 238 g/mol. The van der Waals surface area contributed by atoms with Crippen molar-refractivity contribution in [3.05, 3.63) is 29.8 Å². The Balaban J connectivity index is 2.15. The third-order valence-corrected chi connectivity index (χ3v) is 2.69. The predicted molar refractivity (Wildman–Crippen MR) is 60.1 cm³/mol. The van der Waals surface area contributed by atoms with E-state index in [9.17, 15) is 9.18 Å².